The molecule has 1 aliphatic rings. The first-order valence-corrected chi connectivity index (χ1v) is 20.3. The third-order valence-electron chi connectivity index (χ3n) is 11.8. The molecule has 0 bridgehead atoms. The van der Waals surface area contributed by atoms with E-state index < -0.39 is 0 Å². The number of hydrogen-bond donors (Lipinski definition) is 0. The van der Waals surface area contributed by atoms with Crippen LogP contribution in [0.3, 0.4) is 0 Å². The quantitative estimate of drug-likeness (QED) is 0.169. The van der Waals surface area contributed by atoms with E-state index in [0.717, 1.165) is 55.8 Å². The highest BCUT2D eigenvalue weighted by Gasteiger charge is 2.29. The average molecular weight is 766 g/mol. The number of benzene rings is 9. The maximum absolute atomic E-state index is 5.17. The fourth-order valence-corrected chi connectivity index (χ4v) is 9.04. The van der Waals surface area contributed by atoms with Crippen LogP contribution in [0.5, 0.6) is 0 Å². The van der Waals surface area contributed by atoms with Gasteiger partial charge in [-0.2, -0.15) is 0 Å². The molecule has 5 nitrogen and oxygen atoms in total. The molecule has 60 heavy (non-hydrogen) atoms. The van der Waals surface area contributed by atoms with Gasteiger partial charge in [0.25, 0.3) is 0 Å². The molecule has 0 saturated heterocycles. The van der Waals surface area contributed by atoms with Crippen molar-refractivity contribution in [2.75, 3.05) is 4.90 Å². The minimum Gasteiger partial charge on any atom is -0.309 e. The zero-order valence-corrected chi connectivity index (χ0v) is 32.4. The van der Waals surface area contributed by atoms with E-state index in [1.165, 1.54) is 38.5 Å². The molecule has 0 unspecified atom stereocenters. The van der Waals surface area contributed by atoms with Gasteiger partial charge in [0.1, 0.15) is 0 Å². The van der Waals surface area contributed by atoms with Crippen LogP contribution in [-0.4, -0.2) is 19.5 Å². The Kier molecular flexibility index (Phi) is 7.78. The molecule has 12 rings (SSSR count). The van der Waals surface area contributed by atoms with Crippen LogP contribution in [0.1, 0.15) is 0 Å². The molecule has 5 heteroatoms. The summed E-state index contributed by atoms with van der Waals surface area (Å²) in [6.45, 7) is 0. The Bertz CT molecular complexity index is 3360. The van der Waals surface area contributed by atoms with Gasteiger partial charge in [-0.15, -0.1) is 0 Å². The van der Waals surface area contributed by atoms with E-state index in [1.54, 1.807) is 0 Å². The number of hydrogen-bond acceptors (Lipinski definition) is 4. The molecule has 0 saturated carbocycles. The van der Waals surface area contributed by atoms with Gasteiger partial charge >= 0.3 is 0 Å². The third kappa shape index (κ3) is 5.44. The fraction of sp³-hybridized carbons (Fsp3) is 0. The predicted molar refractivity (Wildman–Crippen MR) is 247 cm³/mol. The number of para-hydroxylation sites is 2. The molecule has 0 N–H and O–H groups in total. The first kappa shape index (κ1) is 33.9. The van der Waals surface area contributed by atoms with E-state index in [9.17, 15) is 0 Å². The van der Waals surface area contributed by atoms with Crippen LogP contribution in [0.4, 0.5) is 17.1 Å². The van der Waals surface area contributed by atoms with Gasteiger partial charge in [-0.1, -0.05) is 158 Å². The van der Waals surface area contributed by atoms with Crippen LogP contribution in [0.25, 0.3) is 94.7 Å². The van der Waals surface area contributed by atoms with Crippen molar-refractivity contribution in [3.8, 4) is 62.1 Å². The molecule has 0 atom stereocenters. The summed E-state index contributed by atoms with van der Waals surface area (Å²) in [5.74, 6) is 1.92. The summed E-state index contributed by atoms with van der Waals surface area (Å²) >= 11 is 0. The smallest absolute Gasteiger partial charge is 0.164 e. The van der Waals surface area contributed by atoms with Gasteiger partial charge in [-0.05, 0) is 76.7 Å². The van der Waals surface area contributed by atoms with Crippen LogP contribution < -0.4 is 4.90 Å². The summed E-state index contributed by atoms with van der Waals surface area (Å²) in [5, 5.41) is 4.69. The van der Waals surface area contributed by atoms with E-state index >= 15 is 0 Å². The molecular formula is C55H35N5. The van der Waals surface area contributed by atoms with Crippen molar-refractivity contribution in [1.82, 2.24) is 19.5 Å². The van der Waals surface area contributed by atoms with Crippen molar-refractivity contribution >= 4 is 49.6 Å². The van der Waals surface area contributed by atoms with Crippen molar-refractivity contribution in [3.63, 3.8) is 0 Å². The van der Waals surface area contributed by atoms with E-state index in [1.807, 2.05) is 36.4 Å². The van der Waals surface area contributed by atoms with Gasteiger partial charge in [0, 0.05) is 49.8 Å². The second-order valence-electron chi connectivity index (χ2n) is 15.2. The highest BCUT2D eigenvalue weighted by Crippen LogP contribution is 2.53. The summed E-state index contributed by atoms with van der Waals surface area (Å²) in [5.41, 5.74) is 14.3. The second-order valence-corrected chi connectivity index (χ2v) is 15.2. The Morgan fingerprint density at radius 2 is 0.883 bits per heavy atom. The average Bonchev–Trinajstić information content (AvgIpc) is 3.66. The molecule has 0 spiro atoms. The zero-order chi connectivity index (χ0) is 39.6. The van der Waals surface area contributed by atoms with Crippen LogP contribution in [0.15, 0.2) is 212 Å². The van der Waals surface area contributed by atoms with Gasteiger partial charge in [0.05, 0.1) is 22.4 Å². The SMILES string of the molecule is c1ccc(-c2ccc3c4ccccc4n(-c4ccc5c(c4)-c4cccc6c(-c7nc(-c8ccccc8)nc(-c8ccccc8)n7)ccc(c46)N5c4ccccc4)c3c2)cc1. The van der Waals surface area contributed by atoms with Crippen molar-refractivity contribution in [1.29, 1.82) is 0 Å². The molecule has 9 aromatic carbocycles. The molecule has 0 radical (unpaired) electrons. The predicted octanol–water partition coefficient (Wildman–Crippen LogP) is 14.2. The highest BCUT2D eigenvalue weighted by atomic mass is 15.2. The molecular weight excluding hydrogens is 731 g/mol. The lowest BCUT2D eigenvalue weighted by atomic mass is 9.88. The molecule has 1 aliphatic heterocycles. The zero-order valence-electron chi connectivity index (χ0n) is 32.4. The number of fused-ring (bicyclic) bond motifs is 5. The summed E-state index contributed by atoms with van der Waals surface area (Å²) in [4.78, 5) is 17.7. The lowest BCUT2D eigenvalue weighted by molar-refractivity contribution is 1.08. The lowest BCUT2D eigenvalue weighted by Crippen LogP contribution is -2.15. The largest absolute Gasteiger partial charge is 0.309 e. The molecule has 280 valence electrons. The van der Waals surface area contributed by atoms with E-state index in [2.05, 4.69) is 185 Å². The van der Waals surface area contributed by atoms with Crippen LogP contribution in [-0.2, 0) is 0 Å². The highest BCUT2D eigenvalue weighted by molar-refractivity contribution is 6.17. The van der Waals surface area contributed by atoms with Gasteiger partial charge in [-0.3, -0.25) is 0 Å². The summed E-state index contributed by atoms with van der Waals surface area (Å²) in [6.07, 6.45) is 0. The van der Waals surface area contributed by atoms with Crippen LogP contribution in [0, 0.1) is 0 Å². The monoisotopic (exact) mass is 765 g/mol. The second kappa shape index (κ2) is 13.8. The molecule has 0 amide bonds. The summed E-state index contributed by atoms with van der Waals surface area (Å²) < 4.78 is 2.43. The van der Waals surface area contributed by atoms with Gasteiger partial charge < -0.3 is 9.47 Å². The number of aromatic nitrogens is 4. The fourth-order valence-electron chi connectivity index (χ4n) is 9.04. The maximum atomic E-state index is 5.17. The van der Waals surface area contributed by atoms with E-state index in [0.29, 0.717) is 17.5 Å². The Morgan fingerprint density at radius 3 is 1.60 bits per heavy atom. The standard InChI is InChI=1S/C55H35N5/c1-5-16-36(17-6-1)39-28-30-43-42-24-13-14-27-48(42)60(51(43)34-39)41-29-32-49-47(35-41)45-26-15-25-44-46(31-33-50(52(44)45)59(49)40-22-11-4-12-23-40)55-57-53(37-18-7-2-8-19-37)56-54(58-55)38-20-9-3-10-21-38/h1-35H. The Labute approximate surface area is 347 Å². The topological polar surface area (TPSA) is 46.8 Å². The van der Waals surface area contributed by atoms with Gasteiger partial charge in [0.15, 0.2) is 17.5 Å². The molecule has 0 aliphatic carbocycles. The number of rotatable bonds is 6. The first-order valence-electron chi connectivity index (χ1n) is 20.3. The maximum Gasteiger partial charge on any atom is 0.164 e. The summed E-state index contributed by atoms with van der Waals surface area (Å²) in [6, 6.07) is 75.2. The minimum absolute atomic E-state index is 0.636. The third-order valence-corrected chi connectivity index (χ3v) is 11.8. The number of nitrogens with zero attached hydrogens (tertiary/aromatic N) is 5. The van der Waals surface area contributed by atoms with E-state index in [4.69, 9.17) is 15.0 Å². The van der Waals surface area contributed by atoms with Crippen molar-refractivity contribution < 1.29 is 0 Å². The van der Waals surface area contributed by atoms with Crippen LogP contribution >= 0.6 is 0 Å². The van der Waals surface area contributed by atoms with E-state index in [-0.39, 0.29) is 0 Å². The normalized spacial score (nSPS) is 12.0. The molecule has 2 aromatic heterocycles. The van der Waals surface area contributed by atoms with Gasteiger partial charge in [0.2, 0.25) is 0 Å². The lowest BCUT2D eigenvalue weighted by Gasteiger charge is -2.34. The summed E-state index contributed by atoms with van der Waals surface area (Å²) in [7, 11) is 0. The molecule has 3 heterocycles. The molecule has 0 fully saturated rings. The van der Waals surface area contributed by atoms with Crippen molar-refractivity contribution in [2.24, 2.45) is 0 Å². The molecule has 11 aromatic rings. The van der Waals surface area contributed by atoms with Crippen LogP contribution in [0.2, 0.25) is 0 Å². The minimum atomic E-state index is 0.636. The van der Waals surface area contributed by atoms with Crippen molar-refractivity contribution in [3.05, 3.63) is 212 Å². The van der Waals surface area contributed by atoms with Gasteiger partial charge in [-0.25, -0.2) is 15.0 Å². The Balaban J connectivity index is 1.11. The Hall–Kier alpha value is -8.15. The number of anilines is 3. The first-order chi connectivity index (χ1) is 29.8. The Morgan fingerprint density at radius 1 is 0.300 bits per heavy atom. The van der Waals surface area contributed by atoms with Crippen molar-refractivity contribution in [2.45, 2.75) is 0 Å².